The molecule has 1 N–H and O–H groups in total. The van der Waals surface area contributed by atoms with E-state index in [1.807, 2.05) is 6.07 Å². The molecule has 1 fully saturated rings. The summed E-state index contributed by atoms with van der Waals surface area (Å²) in [6, 6.07) is 4.55. The van der Waals surface area contributed by atoms with Crippen LogP contribution in [0.2, 0.25) is 0 Å². The number of phenols is 1. The molecule has 2 bridgehead atoms. The number of fused-ring (bicyclic) bond motifs is 4. The first kappa shape index (κ1) is 16.1. The van der Waals surface area contributed by atoms with Crippen LogP contribution in [0.5, 0.6) is 5.75 Å². The van der Waals surface area contributed by atoms with Crippen LogP contribution in [0.3, 0.4) is 0 Å². The summed E-state index contributed by atoms with van der Waals surface area (Å²) in [6.45, 7) is 11.3. The van der Waals surface area contributed by atoms with Gasteiger partial charge in [-0.25, -0.2) is 0 Å². The highest BCUT2D eigenvalue weighted by Gasteiger charge is 2.49. The minimum absolute atomic E-state index is 0.150. The van der Waals surface area contributed by atoms with Crippen molar-refractivity contribution in [1.29, 1.82) is 0 Å². The van der Waals surface area contributed by atoms with E-state index in [1.54, 1.807) is 0 Å². The van der Waals surface area contributed by atoms with Crippen molar-refractivity contribution in [1.82, 2.24) is 4.90 Å². The quantitative estimate of drug-likeness (QED) is 0.773. The number of phenolic OH excluding ortho intramolecular Hbond substituents is 1. The maximum absolute atomic E-state index is 10.1. The van der Waals surface area contributed by atoms with Crippen molar-refractivity contribution in [2.24, 2.45) is 5.92 Å². The Morgan fingerprint density at radius 1 is 1.45 bits per heavy atom. The Kier molecular flexibility index (Phi) is 4.15. The van der Waals surface area contributed by atoms with Crippen molar-refractivity contribution < 1.29 is 5.11 Å². The van der Waals surface area contributed by atoms with Gasteiger partial charge in [-0.05, 0) is 77.7 Å². The molecule has 3 rings (SSSR count). The van der Waals surface area contributed by atoms with Gasteiger partial charge in [0.1, 0.15) is 5.75 Å². The van der Waals surface area contributed by atoms with Gasteiger partial charge in [0, 0.05) is 12.6 Å². The van der Waals surface area contributed by atoms with Crippen LogP contribution >= 0.6 is 15.9 Å². The van der Waals surface area contributed by atoms with Crippen LogP contribution in [0.1, 0.15) is 45.2 Å². The van der Waals surface area contributed by atoms with E-state index in [-0.39, 0.29) is 5.41 Å². The molecule has 1 aromatic carbocycles. The molecular weight excluding hydrogens is 338 g/mol. The molecule has 1 heterocycles. The minimum atomic E-state index is 0.150. The number of benzene rings is 1. The first-order valence-electron chi connectivity index (χ1n) is 8.23. The van der Waals surface area contributed by atoms with Crippen LogP contribution in [0.4, 0.5) is 0 Å². The van der Waals surface area contributed by atoms with Crippen molar-refractivity contribution in [3.05, 3.63) is 39.4 Å². The van der Waals surface area contributed by atoms with Gasteiger partial charge < -0.3 is 5.11 Å². The second kappa shape index (κ2) is 5.68. The van der Waals surface area contributed by atoms with Crippen molar-refractivity contribution in [3.63, 3.8) is 0 Å². The molecule has 2 aliphatic rings. The van der Waals surface area contributed by atoms with Gasteiger partial charge in [0.05, 0.1) is 4.47 Å². The summed E-state index contributed by atoms with van der Waals surface area (Å²) in [5, 5.41) is 10.1. The molecule has 0 amide bonds. The van der Waals surface area contributed by atoms with E-state index < -0.39 is 0 Å². The standard InChI is InChI=1S/C19H26BrNO/c1-12(2)7-9-21-10-8-19(4)13(3)15(21)11-14-5-6-16(22)18(20)17(14)19/h5-7,13,15,22H,8-11H2,1-4H3/t13-,15+,19-/m1/s1. The lowest BCUT2D eigenvalue weighted by Gasteiger charge is -2.54. The zero-order chi connectivity index (χ0) is 16.1. The smallest absolute Gasteiger partial charge is 0.130 e. The predicted octanol–water partition coefficient (Wildman–Crippen LogP) is 4.65. The normalized spacial score (nSPS) is 30.8. The van der Waals surface area contributed by atoms with E-state index in [0.717, 1.165) is 30.4 Å². The number of piperidine rings is 1. The lowest BCUT2D eigenvalue weighted by Crippen LogP contribution is -2.58. The Morgan fingerprint density at radius 3 is 2.86 bits per heavy atom. The van der Waals surface area contributed by atoms with E-state index in [9.17, 15) is 5.11 Å². The van der Waals surface area contributed by atoms with Crippen LogP contribution in [-0.4, -0.2) is 29.1 Å². The van der Waals surface area contributed by atoms with Crippen molar-refractivity contribution in [3.8, 4) is 5.75 Å². The highest BCUT2D eigenvalue weighted by atomic mass is 79.9. The van der Waals surface area contributed by atoms with Gasteiger partial charge in [0.2, 0.25) is 0 Å². The molecule has 0 radical (unpaired) electrons. The van der Waals surface area contributed by atoms with Crippen molar-refractivity contribution in [2.75, 3.05) is 13.1 Å². The zero-order valence-corrected chi connectivity index (χ0v) is 15.6. The number of allylic oxidation sites excluding steroid dienone is 1. The average Bonchev–Trinajstić information content (AvgIpc) is 2.45. The molecule has 1 aliphatic heterocycles. The third kappa shape index (κ3) is 2.43. The first-order valence-corrected chi connectivity index (χ1v) is 9.02. The highest BCUT2D eigenvalue weighted by molar-refractivity contribution is 9.10. The number of hydrogen-bond acceptors (Lipinski definition) is 2. The van der Waals surface area contributed by atoms with Gasteiger partial charge in [0.15, 0.2) is 0 Å². The van der Waals surface area contributed by atoms with Gasteiger partial charge in [-0.15, -0.1) is 0 Å². The molecule has 120 valence electrons. The maximum Gasteiger partial charge on any atom is 0.130 e. The Labute approximate surface area is 142 Å². The summed E-state index contributed by atoms with van der Waals surface area (Å²) in [5.41, 5.74) is 4.29. The Hall–Kier alpha value is -0.800. The summed E-state index contributed by atoms with van der Waals surface area (Å²) in [6.07, 6.45) is 4.58. The molecule has 22 heavy (non-hydrogen) atoms. The summed E-state index contributed by atoms with van der Waals surface area (Å²) in [4.78, 5) is 2.64. The third-order valence-corrected chi connectivity index (χ3v) is 6.71. The summed E-state index contributed by atoms with van der Waals surface area (Å²) in [7, 11) is 0. The number of likely N-dealkylation sites (tertiary alicyclic amines) is 1. The maximum atomic E-state index is 10.1. The zero-order valence-electron chi connectivity index (χ0n) is 14.0. The van der Waals surface area contributed by atoms with Gasteiger partial charge in [-0.3, -0.25) is 4.90 Å². The fraction of sp³-hybridized carbons (Fsp3) is 0.579. The molecular formula is C19H26BrNO. The molecule has 2 nitrogen and oxygen atoms in total. The van der Waals surface area contributed by atoms with Gasteiger partial charge >= 0.3 is 0 Å². The Balaban J connectivity index is 2.01. The summed E-state index contributed by atoms with van der Waals surface area (Å²) in [5.74, 6) is 0.968. The Bertz CT molecular complexity index is 620. The van der Waals surface area contributed by atoms with E-state index in [4.69, 9.17) is 0 Å². The molecule has 1 aromatic rings. The number of halogens is 1. The molecule has 1 aliphatic carbocycles. The lowest BCUT2D eigenvalue weighted by molar-refractivity contribution is 0.0392. The minimum Gasteiger partial charge on any atom is -0.507 e. The molecule has 0 aromatic heterocycles. The SMILES string of the molecule is CC(C)=CCN1CC[C@@]2(C)c3c(ccc(O)c3Br)C[C@H]1[C@H]2C. The topological polar surface area (TPSA) is 23.5 Å². The fourth-order valence-electron chi connectivity index (χ4n) is 4.31. The molecule has 3 atom stereocenters. The third-order valence-electron chi connectivity index (χ3n) is 5.91. The Morgan fingerprint density at radius 2 is 2.18 bits per heavy atom. The molecule has 0 saturated carbocycles. The number of aromatic hydroxyl groups is 1. The highest BCUT2D eigenvalue weighted by Crippen LogP contribution is 2.52. The van der Waals surface area contributed by atoms with E-state index in [1.165, 1.54) is 16.7 Å². The van der Waals surface area contributed by atoms with Crippen LogP contribution in [0, 0.1) is 5.92 Å². The van der Waals surface area contributed by atoms with Crippen LogP contribution in [-0.2, 0) is 11.8 Å². The average molecular weight is 364 g/mol. The van der Waals surface area contributed by atoms with Gasteiger partial charge in [-0.1, -0.05) is 31.6 Å². The van der Waals surface area contributed by atoms with Gasteiger partial charge in [0.25, 0.3) is 0 Å². The van der Waals surface area contributed by atoms with Crippen molar-refractivity contribution in [2.45, 2.75) is 52.0 Å². The van der Waals surface area contributed by atoms with Gasteiger partial charge in [-0.2, -0.15) is 0 Å². The second-order valence-corrected chi connectivity index (χ2v) is 8.23. The molecule has 1 saturated heterocycles. The summed E-state index contributed by atoms with van der Waals surface area (Å²) < 4.78 is 0.913. The van der Waals surface area contributed by atoms with Crippen LogP contribution in [0.25, 0.3) is 0 Å². The summed E-state index contributed by atoms with van der Waals surface area (Å²) >= 11 is 3.65. The second-order valence-electron chi connectivity index (χ2n) is 7.44. The number of hydrogen-bond donors (Lipinski definition) is 1. The van der Waals surface area contributed by atoms with E-state index in [2.05, 4.69) is 60.7 Å². The largest absolute Gasteiger partial charge is 0.507 e. The number of rotatable bonds is 2. The first-order chi connectivity index (χ1) is 10.3. The predicted molar refractivity (Wildman–Crippen MR) is 95.4 cm³/mol. The van der Waals surface area contributed by atoms with Crippen molar-refractivity contribution >= 4 is 15.9 Å². The molecule has 0 unspecified atom stereocenters. The molecule has 3 heteroatoms. The monoisotopic (exact) mass is 363 g/mol. The van der Waals surface area contributed by atoms with Crippen LogP contribution in [0.15, 0.2) is 28.3 Å². The van der Waals surface area contributed by atoms with E-state index in [0.29, 0.717) is 17.7 Å². The van der Waals surface area contributed by atoms with E-state index >= 15 is 0 Å². The number of nitrogens with zero attached hydrogens (tertiary/aromatic N) is 1. The molecule has 0 spiro atoms. The lowest BCUT2D eigenvalue weighted by atomic mass is 9.59. The van der Waals surface area contributed by atoms with Crippen LogP contribution < -0.4 is 0 Å². The fourth-order valence-corrected chi connectivity index (χ4v) is 5.15.